The van der Waals surface area contributed by atoms with Gasteiger partial charge in [0.1, 0.15) is 40.6 Å². The molecule has 0 spiro atoms. The number of aromatic hydroxyl groups is 2. The molecular weight excluding hydrogens is 715 g/mol. The highest BCUT2D eigenvalue weighted by atomic mass is 33.1. The van der Waals surface area contributed by atoms with Crippen LogP contribution in [0.1, 0.15) is 81.7 Å². The molecule has 1 saturated heterocycles. The van der Waals surface area contributed by atoms with Gasteiger partial charge in [0, 0.05) is 54.3 Å². The van der Waals surface area contributed by atoms with E-state index >= 15 is 0 Å². The number of aromatic nitrogens is 1. The van der Waals surface area contributed by atoms with E-state index < -0.39 is 95.7 Å². The summed E-state index contributed by atoms with van der Waals surface area (Å²) < 4.78 is 17.6. The number of benzene rings is 2. The summed E-state index contributed by atoms with van der Waals surface area (Å²) in [7, 11) is 4.51. The van der Waals surface area contributed by atoms with Crippen molar-refractivity contribution in [2.75, 3.05) is 19.5 Å². The van der Waals surface area contributed by atoms with Crippen LogP contribution >= 0.6 is 21.6 Å². The third-order valence-electron chi connectivity index (χ3n) is 9.50. The van der Waals surface area contributed by atoms with Gasteiger partial charge >= 0.3 is 0 Å². The number of ketones is 3. The van der Waals surface area contributed by atoms with E-state index in [1.54, 1.807) is 34.7 Å². The van der Waals surface area contributed by atoms with E-state index in [1.165, 1.54) is 25.3 Å². The van der Waals surface area contributed by atoms with Crippen LogP contribution in [-0.2, 0) is 20.7 Å². The van der Waals surface area contributed by atoms with Crippen LogP contribution in [0.2, 0.25) is 0 Å². The summed E-state index contributed by atoms with van der Waals surface area (Å²) in [5.74, 6) is -2.76. The predicted octanol–water partition coefficient (Wildman–Crippen LogP) is 3.02. The third kappa shape index (κ3) is 7.16. The number of methoxy groups -OCH3 is 1. The maximum Gasteiger partial charge on any atom is 0.202 e. The van der Waals surface area contributed by atoms with E-state index in [0.717, 1.165) is 17.2 Å². The number of Topliss-reactive ketones (excluding diaryl/α,β-unsaturated/α-hetero) is 1. The van der Waals surface area contributed by atoms with Gasteiger partial charge in [0.25, 0.3) is 0 Å². The lowest BCUT2D eigenvalue weighted by molar-refractivity contribution is -0.247. The normalized spacial score (nSPS) is 25.6. The van der Waals surface area contributed by atoms with Gasteiger partial charge in [-0.05, 0) is 42.3 Å². The molecule has 16 heteroatoms. The number of aliphatic hydroxyl groups is 3. The molecule has 1 aromatic heterocycles. The van der Waals surface area contributed by atoms with E-state index in [2.05, 4.69) is 9.98 Å². The highest BCUT2D eigenvalue weighted by Gasteiger charge is 2.50. The number of carbonyl (C=O) groups excluding carboxylic acids is 3. The van der Waals surface area contributed by atoms with Gasteiger partial charge in [0.05, 0.1) is 47.9 Å². The molecular formula is C36H39N3O11S2. The molecule has 3 aliphatic rings. The monoisotopic (exact) mass is 753 g/mol. The van der Waals surface area contributed by atoms with E-state index in [0.29, 0.717) is 12.3 Å². The van der Waals surface area contributed by atoms with E-state index in [1.807, 2.05) is 18.2 Å². The SMILES string of the molecule is COc1cccc2c1C(=O)c1c(O)c3c(c(O)c1C2=O)C[C@@](O)(C(=O)CO)C[C@@H]3O[C@H]1C[C@H](N=C(N)CCCSSc2ccccn2)[C@H](O)[C@H](C)O1. The lowest BCUT2D eigenvalue weighted by Gasteiger charge is -2.42. The van der Waals surface area contributed by atoms with Crippen LogP contribution in [0.4, 0.5) is 0 Å². The lowest BCUT2D eigenvalue weighted by atomic mass is 9.72. The molecule has 14 nitrogen and oxygen atoms in total. The zero-order valence-electron chi connectivity index (χ0n) is 28.4. The molecule has 52 heavy (non-hydrogen) atoms. The first-order valence-corrected chi connectivity index (χ1v) is 19.0. The summed E-state index contributed by atoms with van der Waals surface area (Å²) in [6.07, 6.45) is -2.60. The number of aliphatic hydroxyl groups excluding tert-OH is 2. The first-order valence-electron chi connectivity index (χ1n) is 16.6. The van der Waals surface area contributed by atoms with Crippen molar-refractivity contribution in [1.82, 2.24) is 4.98 Å². The van der Waals surface area contributed by atoms with Crippen molar-refractivity contribution in [2.45, 2.75) is 80.3 Å². The number of pyridine rings is 1. The van der Waals surface area contributed by atoms with Crippen molar-refractivity contribution in [2.24, 2.45) is 10.7 Å². The molecule has 7 N–H and O–H groups in total. The van der Waals surface area contributed by atoms with Gasteiger partial charge in [0.15, 0.2) is 17.9 Å². The van der Waals surface area contributed by atoms with Gasteiger partial charge in [-0.2, -0.15) is 0 Å². The Morgan fingerprint density at radius 1 is 1.12 bits per heavy atom. The summed E-state index contributed by atoms with van der Waals surface area (Å²) in [5.41, 5.74) is 2.51. The van der Waals surface area contributed by atoms with Crippen LogP contribution in [0.15, 0.2) is 52.6 Å². The summed E-state index contributed by atoms with van der Waals surface area (Å²) in [6.45, 7) is 0.569. The molecule has 0 unspecified atom stereocenters. The first-order chi connectivity index (χ1) is 24.9. The number of phenols is 2. The second-order valence-electron chi connectivity index (χ2n) is 12.9. The van der Waals surface area contributed by atoms with Gasteiger partial charge in [-0.1, -0.05) is 29.0 Å². The number of carbonyl (C=O) groups is 3. The van der Waals surface area contributed by atoms with Gasteiger partial charge in [-0.15, -0.1) is 0 Å². The summed E-state index contributed by atoms with van der Waals surface area (Å²) >= 11 is 0. The number of hydrogen-bond acceptors (Lipinski definition) is 15. The topological polar surface area (TPSA) is 231 Å². The summed E-state index contributed by atoms with van der Waals surface area (Å²) in [6, 6.07) is 9.30. The average Bonchev–Trinajstić information content (AvgIpc) is 3.13. The quantitative estimate of drug-likeness (QED) is 0.0402. The Morgan fingerprint density at radius 3 is 2.60 bits per heavy atom. The van der Waals surface area contributed by atoms with Crippen LogP contribution in [0.25, 0.3) is 0 Å². The van der Waals surface area contributed by atoms with Crippen molar-refractivity contribution in [1.29, 1.82) is 0 Å². The Hall–Kier alpha value is -4.03. The molecule has 276 valence electrons. The largest absolute Gasteiger partial charge is 0.507 e. The van der Waals surface area contributed by atoms with Crippen molar-refractivity contribution in [3.05, 3.63) is 76.0 Å². The molecule has 6 atom stereocenters. The molecule has 0 radical (unpaired) electrons. The molecule has 6 rings (SSSR count). The van der Waals surface area contributed by atoms with E-state index in [9.17, 15) is 39.9 Å². The Balaban J connectivity index is 1.27. The molecule has 0 amide bonds. The smallest absolute Gasteiger partial charge is 0.202 e. The van der Waals surface area contributed by atoms with Gasteiger partial charge in [-0.3, -0.25) is 19.4 Å². The number of phenolic OH excluding ortho intramolecular Hbond substituents is 2. The minimum Gasteiger partial charge on any atom is -0.507 e. The number of ether oxygens (including phenoxy) is 3. The Morgan fingerprint density at radius 2 is 1.88 bits per heavy atom. The number of amidine groups is 1. The molecule has 0 bridgehead atoms. The molecule has 2 aliphatic carbocycles. The van der Waals surface area contributed by atoms with Crippen LogP contribution in [0.3, 0.4) is 0 Å². The summed E-state index contributed by atoms with van der Waals surface area (Å²) in [5, 5.41) is 56.4. The molecule has 1 aliphatic heterocycles. The second-order valence-corrected chi connectivity index (χ2v) is 15.3. The zero-order chi connectivity index (χ0) is 37.3. The fourth-order valence-electron chi connectivity index (χ4n) is 6.91. The van der Waals surface area contributed by atoms with Crippen molar-refractivity contribution >= 4 is 44.8 Å². The number of nitrogens with zero attached hydrogens (tertiary/aromatic N) is 2. The van der Waals surface area contributed by atoms with Crippen molar-refractivity contribution in [3.8, 4) is 17.2 Å². The number of hydrogen-bond donors (Lipinski definition) is 6. The molecule has 0 saturated carbocycles. The Labute approximate surface area is 306 Å². The first kappa shape index (κ1) is 37.7. The van der Waals surface area contributed by atoms with Crippen LogP contribution in [-0.4, -0.2) is 103 Å². The zero-order valence-corrected chi connectivity index (χ0v) is 30.0. The average molecular weight is 754 g/mol. The number of rotatable bonds is 12. The highest BCUT2D eigenvalue weighted by molar-refractivity contribution is 8.76. The van der Waals surface area contributed by atoms with Crippen LogP contribution in [0, 0.1) is 0 Å². The minimum atomic E-state index is -2.29. The fourth-order valence-corrected chi connectivity index (χ4v) is 8.87. The van der Waals surface area contributed by atoms with Crippen LogP contribution < -0.4 is 10.5 Å². The number of fused-ring (bicyclic) bond motifs is 3. The molecule has 1 fully saturated rings. The standard InChI is InChI=1S/C36H39N3O11S2/c1-17-31(42)20(39-24(37)9-6-12-51-52-25-10-3-4-11-38-25)13-26(49-17)50-22-15-36(47,23(41)16-40)14-19-28(22)35(46)30-29(33(19)44)32(43)18-7-5-8-21(48-2)27(18)34(30)45/h3-5,7-8,10-11,17,20,22,26,31,40,42,44,46-47H,6,9,12-16H2,1-2H3,(H2,37,39)/t17-,20-,22-,26-,31+,36-/m0/s1. The van der Waals surface area contributed by atoms with Gasteiger partial charge < -0.3 is 45.5 Å². The highest BCUT2D eigenvalue weighted by Crippen LogP contribution is 2.52. The third-order valence-corrected chi connectivity index (χ3v) is 11.9. The van der Waals surface area contributed by atoms with Crippen LogP contribution in [0.5, 0.6) is 17.2 Å². The molecule has 2 heterocycles. The molecule has 2 aromatic carbocycles. The van der Waals surface area contributed by atoms with Gasteiger partial charge in [-0.25, -0.2) is 4.98 Å². The minimum absolute atomic E-state index is 0.0195. The van der Waals surface area contributed by atoms with E-state index in [4.69, 9.17) is 19.9 Å². The molecule has 3 aromatic rings. The van der Waals surface area contributed by atoms with Gasteiger partial charge in [0.2, 0.25) is 5.78 Å². The second kappa shape index (κ2) is 15.5. The number of nitrogens with two attached hydrogens (primary N) is 1. The Bertz CT molecular complexity index is 1910. The Kier molecular flexibility index (Phi) is 11.3. The lowest BCUT2D eigenvalue weighted by Crippen LogP contribution is -2.50. The van der Waals surface area contributed by atoms with E-state index in [-0.39, 0.29) is 34.4 Å². The maximum absolute atomic E-state index is 13.9. The van der Waals surface area contributed by atoms with Crippen molar-refractivity contribution in [3.63, 3.8) is 0 Å². The maximum atomic E-state index is 13.9. The predicted molar refractivity (Wildman–Crippen MR) is 191 cm³/mol. The van der Waals surface area contributed by atoms with Crippen molar-refractivity contribution < 1.29 is 54.1 Å². The summed E-state index contributed by atoms with van der Waals surface area (Å²) in [4.78, 5) is 49.4. The number of aliphatic imine (C=N–C) groups is 1. The fraction of sp³-hybridized carbons (Fsp3) is 0.417.